The van der Waals surface area contributed by atoms with Gasteiger partial charge in [-0.1, -0.05) is 127 Å². The van der Waals surface area contributed by atoms with Crippen LogP contribution in [0.5, 0.6) is 0 Å². The molecule has 0 spiro atoms. The van der Waals surface area contributed by atoms with Crippen molar-refractivity contribution < 1.29 is 0 Å². The number of hydrogen-bond donors (Lipinski definition) is 0. The van der Waals surface area contributed by atoms with Crippen molar-refractivity contribution in [2.45, 2.75) is 0 Å². The second kappa shape index (κ2) is 11.4. The predicted molar refractivity (Wildman–Crippen MR) is 218 cm³/mol. The van der Waals surface area contributed by atoms with Crippen molar-refractivity contribution in [1.29, 1.82) is 0 Å². The molecule has 52 heavy (non-hydrogen) atoms. The zero-order chi connectivity index (χ0) is 34.2. The summed E-state index contributed by atoms with van der Waals surface area (Å²) in [4.78, 5) is 16.4. The number of aromatic nitrogens is 4. The zero-order valence-corrected chi connectivity index (χ0v) is 28.7. The molecular weight excluding hydrogens is 653 g/mol. The first-order chi connectivity index (χ1) is 25.8. The molecule has 0 bridgehead atoms. The normalized spacial score (nSPS) is 11.8. The van der Waals surface area contributed by atoms with Crippen LogP contribution in [0, 0.1) is 0 Å². The van der Waals surface area contributed by atoms with Gasteiger partial charge < -0.3 is 4.57 Å². The molecule has 7 aromatic carbocycles. The maximum absolute atomic E-state index is 5.25. The van der Waals surface area contributed by atoms with Crippen LogP contribution in [0.3, 0.4) is 0 Å². The van der Waals surface area contributed by atoms with Crippen LogP contribution < -0.4 is 0 Å². The number of thiophene rings is 1. The van der Waals surface area contributed by atoms with E-state index >= 15 is 0 Å². The summed E-state index contributed by atoms with van der Waals surface area (Å²) in [5.74, 6) is 0.618. The molecule has 0 amide bonds. The number of benzene rings is 7. The third-order valence-electron chi connectivity index (χ3n) is 10.3. The molecule has 0 unspecified atom stereocenters. The number of fused-ring (bicyclic) bond motifs is 10. The van der Waals surface area contributed by atoms with E-state index in [9.17, 15) is 0 Å². The fourth-order valence-electron chi connectivity index (χ4n) is 7.88. The summed E-state index contributed by atoms with van der Waals surface area (Å²) in [5, 5.41) is 9.73. The molecule has 0 aliphatic carbocycles. The lowest BCUT2D eigenvalue weighted by Crippen LogP contribution is -1.98. The van der Waals surface area contributed by atoms with Crippen molar-refractivity contribution in [2.24, 2.45) is 0 Å². The van der Waals surface area contributed by atoms with E-state index in [-0.39, 0.29) is 0 Å². The second-order valence-electron chi connectivity index (χ2n) is 13.2. The average Bonchev–Trinajstić information content (AvgIpc) is 3.77. The van der Waals surface area contributed by atoms with Gasteiger partial charge in [0.1, 0.15) is 10.5 Å². The molecule has 242 valence electrons. The average molecular weight is 681 g/mol. The van der Waals surface area contributed by atoms with Crippen molar-refractivity contribution in [1.82, 2.24) is 19.5 Å². The Kier molecular flexibility index (Phi) is 6.39. The Balaban J connectivity index is 1.10. The van der Waals surface area contributed by atoms with E-state index in [4.69, 9.17) is 15.0 Å². The maximum Gasteiger partial charge on any atom is 0.180 e. The lowest BCUT2D eigenvalue weighted by Gasteiger charge is -2.10. The molecule has 0 aliphatic rings. The highest BCUT2D eigenvalue weighted by atomic mass is 32.1. The van der Waals surface area contributed by atoms with Crippen LogP contribution in [0.2, 0.25) is 0 Å². The Bertz CT molecular complexity index is 3070. The van der Waals surface area contributed by atoms with E-state index in [0.717, 1.165) is 43.9 Å². The Hall–Kier alpha value is -6.69. The molecule has 0 aliphatic heterocycles. The molecule has 4 aromatic heterocycles. The largest absolute Gasteiger partial charge is 0.308 e. The van der Waals surface area contributed by atoms with Gasteiger partial charge in [-0.05, 0) is 69.1 Å². The van der Waals surface area contributed by atoms with Crippen LogP contribution in [0.1, 0.15) is 0 Å². The van der Waals surface area contributed by atoms with Crippen molar-refractivity contribution in [3.05, 3.63) is 170 Å². The Labute approximate surface area is 302 Å². The molecule has 5 heteroatoms. The highest BCUT2D eigenvalue weighted by Crippen LogP contribution is 2.42. The highest BCUT2D eigenvalue weighted by molar-refractivity contribution is 7.25. The molecule has 0 radical (unpaired) electrons. The van der Waals surface area contributed by atoms with Crippen LogP contribution in [0.4, 0.5) is 0 Å². The van der Waals surface area contributed by atoms with E-state index in [1.807, 2.05) is 12.3 Å². The molecule has 0 N–H and O–H groups in total. The minimum Gasteiger partial charge on any atom is -0.308 e. The van der Waals surface area contributed by atoms with Gasteiger partial charge in [0, 0.05) is 31.8 Å². The van der Waals surface area contributed by atoms with Crippen LogP contribution >= 0.6 is 11.3 Å². The van der Waals surface area contributed by atoms with Crippen LogP contribution in [-0.2, 0) is 0 Å². The fourth-order valence-corrected chi connectivity index (χ4v) is 8.94. The summed E-state index contributed by atoms with van der Waals surface area (Å²) in [6, 6.07) is 58.1. The molecular formula is C47H28N4S. The Morgan fingerprint density at radius 2 is 1.10 bits per heavy atom. The summed E-state index contributed by atoms with van der Waals surface area (Å²) < 4.78 is 3.53. The summed E-state index contributed by atoms with van der Waals surface area (Å²) in [5.41, 5.74) is 8.39. The van der Waals surface area contributed by atoms with E-state index in [0.29, 0.717) is 5.82 Å². The quantitative estimate of drug-likeness (QED) is 0.186. The smallest absolute Gasteiger partial charge is 0.180 e. The third kappa shape index (κ3) is 4.43. The van der Waals surface area contributed by atoms with Gasteiger partial charge in [-0.25, -0.2) is 9.97 Å². The fraction of sp³-hybridized carbons (Fsp3) is 0. The minimum atomic E-state index is 0.618. The number of hydrogen-bond acceptors (Lipinski definition) is 4. The zero-order valence-electron chi connectivity index (χ0n) is 27.9. The third-order valence-corrected chi connectivity index (χ3v) is 11.3. The van der Waals surface area contributed by atoms with Crippen molar-refractivity contribution in [3.63, 3.8) is 0 Å². The number of rotatable bonds is 4. The van der Waals surface area contributed by atoms with Crippen LogP contribution in [0.25, 0.3) is 103 Å². The summed E-state index contributed by atoms with van der Waals surface area (Å²) in [6.45, 7) is 0. The topological polar surface area (TPSA) is 43.6 Å². The first-order valence-corrected chi connectivity index (χ1v) is 18.3. The maximum atomic E-state index is 5.25. The Morgan fingerprint density at radius 3 is 1.75 bits per heavy atom. The van der Waals surface area contributed by atoms with Gasteiger partial charge in [0.15, 0.2) is 5.82 Å². The van der Waals surface area contributed by atoms with E-state index in [1.165, 1.54) is 53.5 Å². The summed E-state index contributed by atoms with van der Waals surface area (Å²) >= 11 is 1.71. The monoisotopic (exact) mass is 680 g/mol. The second-order valence-corrected chi connectivity index (χ2v) is 14.3. The first-order valence-electron chi connectivity index (χ1n) is 17.4. The van der Waals surface area contributed by atoms with Gasteiger partial charge in [0.05, 0.1) is 28.6 Å². The van der Waals surface area contributed by atoms with Gasteiger partial charge in [0.25, 0.3) is 0 Å². The molecule has 4 nitrogen and oxygen atoms in total. The summed E-state index contributed by atoms with van der Waals surface area (Å²) in [6.07, 6.45) is 1.96. The van der Waals surface area contributed by atoms with Gasteiger partial charge >= 0.3 is 0 Å². The molecule has 4 heterocycles. The van der Waals surface area contributed by atoms with E-state index in [2.05, 4.69) is 162 Å². The van der Waals surface area contributed by atoms with Gasteiger partial charge in [0.2, 0.25) is 0 Å². The number of pyridine rings is 1. The SMILES string of the molecule is c1ccc(-c2ccc3sc4nc(-c5ccc(-n6c7ccc8ccccc8c7c7c8ccccc8ccc76)cn5)nc(-c5ccccc5)c4c3c2)cc1. The first kappa shape index (κ1) is 29.1. The molecule has 0 fully saturated rings. The number of nitrogens with zero attached hydrogens (tertiary/aromatic N) is 4. The molecule has 0 atom stereocenters. The molecule has 0 saturated carbocycles. The van der Waals surface area contributed by atoms with Gasteiger partial charge in [-0.3, -0.25) is 4.98 Å². The van der Waals surface area contributed by atoms with Crippen molar-refractivity contribution >= 4 is 75.0 Å². The van der Waals surface area contributed by atoms with Crippen molar-refractivity contribution in [3.8, 4) is 39.6 Å². The standard InChI is InChI=1S/C47H28N4S/c1-3-11-29(12-4-1)33-21-26-41-37(27-33)44-45(32-15-5-2-6-16-32)49-46(50-47(44)52-41)38-23-22-34(28-48-38)51-39-24-19-30-13-7-9-17-35(30)42(39)43-36-18-10-8-14-31(36)20-25-40(43)51/h1-28H. The molecule has 11 rings (SSSR count). The van der Waals surface area contributed by atoms with E-state index in [1.54, 1.807) is 11.3 Å². The molecule has 11 aromatic rings. The minimum absolute atomic E-state index is 0.618. The summed E-state index contributed by atoms with van der Waals surface area (Å²) in [7, 11) is 0. The Morgan fingerprint density at radius 1 is 0.462 bits per heavy atom. The van der Waals surface area contributed by atoms with E-state index < -0.39 is 0 Å². The lowest BCUT2D eigenvalue weighted by atomic mass is 10.00. The lowest BCUT2D eigenvalue weighted by molar-refractivity contribution is 1.12. The molecule has 0 saturated heterocycles. The van der Waals surface area contributed by atoms with Crippen LogP contribution in [0.15, 0.2) is 170 Å². The van der Waals surface area contributed by atoms with Gasteiger partial charge in [-0.2, -0.15) is 0 Å². The predicted octanol–water partition coefficient (Wildman–Crippen LogP) is 12.6. The van der Waals surface area contributed by atoms with Crippen molar-refractivity contribution in [2.75, 3.05) is 0 Å². The van der Waals surface area contributed by atoms with Gasteiger partial charge in [-0.15, -0.1) is 11.3 Å². The van der Waals surface area contributed by atoms with Crippen LogP contribution in [-0.4, -0.2) is 19.5 Å². The highest BCUT2D eigenvalue weighted by Gasteiger charge is 2.20.